The van der Waals surface area contributed by atoms with E-state index in [1.807, 2.05) is 73.9 Å². The van der Waals surface area contributed by atoms with Gasteiger partial charge in [0.15, 0.2) is 0 Å². The van der Waals surface area contributed by atoms with Crippen LogP contribution in [0.5, 0.6) is 0 Å². The van der Waals surface area contributed by atoms with Crippen molar-refractivity contribution < 1.29 is 9.21 Å². The van der Waals surface area contributed by atoms with Gasteiger partial charge in [0.25, 0.3) is 0 Å². The minimum Gasteiger partial charge on any atom is -0.469 e. The summed E-state index contributed by atoms with van der Waals surface area (Å²) in [5.41, 5.74) is 3.27. The Bertz CT molecular complexity index is 1070. The molecule has 3 aromatic heterocycles. The molecule has 1 N–H and O–H groups in total. The van der Waals surface area contributed by atoms with Crippen LogP contribution in [-0.2, 0) is 17.6 Å². The number of nitrogens with one attached hydrogen (secondary N) is 1. The van der Waals surface area contributed by atoms with Crippen molar-refractivity contribution in [3.63, 3.8) is 0 Å². The second-order valence-electron chi connectivity index (χ2n) is 7.31. The fourth-order valence-corrected chi connectivity index (χ4v) is 3.56. The van der Waals surface area contributed by atoms with Crippen LogP contribution in [0.25, 0.3) is 5.52 Å². The third-order valence-corrected chi connectivity index (χ3v) is 5.17. The number of furan rings is 1. The van der Waals surface area contributed by atoms with E-state index >= 15 is 0 Å². The van der Waals surface area contributed by atoms with Gasteiger partial charge in [0.1, 0.15) is 11.6 Å². The van der Waals surface area contributed by atoms with Gasteiger partial charge < -0.3 is 14.1 Å². The van der Waals surface area contributed by atoms with Crippen molar-refractivity contribution in [1.29, 1.82) is 0 Å². The molecule has 4 aromatic rings. The maximum absolute atomic E-state index is 13.0. The Balaban J connectivity index is 1.37. The Labute approximate surface area is 170 Å². The first kappa shape index (κ1) is 19.0. The van der Waals surface area contributed by atoms with Gasteiger partial charge in [-0.3, -0.25) is 4.79 Å². The third kappa shape index (κ3) is 4.57. The van der Waals surface area contributed by atoms with Crippen molar-refractivity contribution >= 4 is 11.4 Å². The molecule has 0 saturated heterocycles. The smallest absolute Gasteiger partial charge is 0.228 e. The number of carbonyl (C=O) groups excluding carboxylic acids is 1. The molecule has 3 heterocycles. The molecule has 29 heavy (non-hydrogen) atoms. The molecule has 0 fully saturated rings. The van der Waals surface area contributed by atoms with Gasteiger partial charge in [-0.15, -0.1) is 0 Å². The highest BCUT2D eigenvalue weighted by molar-refractivity contribution is 5.83. The highest BCUT2D eigenvalue weighted by Gasteiger charge is 2.22. The molecular weight excluding hydrogens is 362 g/mol. The van der Waals surface area contributed by atoms with Crippen LogP contribution >= 0.6 is 0 Å². The van der Waals surface area contributed by atoms with Gasteiger partial charge in [-0.05, 0) is 43.2 Å². The van der Waals surface area contributed by atoms with Gasteiger partial charge in [0.2, 0.25) is 5.91 Å². The Morgan fingerprint density at radius 3 is 2.79 bits per heavy atom. The largest absolute Gasteiger partial charge is 0.469 e. The van der Waals surface area contributed by atoms with E-state index in [-0.39, 0.29) is 11.8 Å². The summed E-state index contributed by atoms with van der Waals surface area (Å²) < 4.78 is 7.57. The number of nitrogens with zero attached hydrogens (tertiary/aromatic N) is 2. The maximum atomic E-state index is 13.0. The highest BCUT2D eigenvalue weighted by Crippen LogP contribution is 2.22. The molecule has 4 rings (SSSR count). The van der Waals surface area contributed by atoms with Crippen LogP contribution in [0.15, 0.2) is 77.7 Å². The van der Waals surface area contributed by atoms with Gasteiger partial charge in [-0.2, -0.15) is 0 Å². The molecule has 0 radical (unpaired) electrons. The SMILES string of the molecule is Cc1ccc(C(Cc2ccco2)C(=O)NCCCc2ncc3ccccn23)cc1. The van der Waals surface area contributed by atoms with Crippen LogP contribution < -0.4 is 5.32 Å². The van der Waals surface area contributed by atoms with E-state index in [4.69, 9.17) is 4.42 Å². The lowest BCUT2D eigenvalue weighted by Crippen LogP contribution is -2.31. The number of hydrogen-bond acceptors (Lipinski definition) is 3. The number of fused-ring (bicyclic) bond motifs is 1. The first-order valence-electron chi connectivity index (χ1n) is 9.98. The number of hydrogen-bond donors (Lipinski definition) is 1. The third-order valence-electron chi connectivity index (χ3n) is 5.17. The van der Waals surface area contributed by atoms with Gasteiger partial charge in [-0.25, -0.2) is 4.98 Å². The molecule has 5 heteroatoms. The minimum atomic E-state index is -0.269. The predicted molar refractivity (Wildman–Crippen MR) is 113 cm³/mol. The zero-order chi connectivity index (χ0) is 20.1. The standard InChI is InChI=1S/C24H25N3O2/c1-18-9-11-19(12-10-18)22(16-21-7-5-15-29-21)24(28)25-13-4-8-23-26-17-20-6-2-3-14-27(20)23/h2-3,5-7,9-12,14-15,17,22H,4,8,13,16H2,1H3,(H,25,28). The minimum absolute atomic E-state index is 0.0261. The molecule has 0 spiro atoms. The van der Waals surface area contributed by atoms with Crippen LogP contribution in [0, 0.1) is 6.92 Å². The molecular formula is C24H25N3O2. The number of carbonyl (C=O) groups is 1. The first-order valence-corrected chi connectivity index (χ1v) is 9.98. The summed E-state index contributed by atoms with van der Waals surface area (Å²) in [5.74, 6) is 1.59. The van der Waals surface area contributed by atoms with Gasteiger partial charge in [0, 0.05) is 25.6 Å². The van der Waals surface area contributed by atoms with Crippen LogP contribution in [0.2, 0.25) is 0 Å². The van der Waals surface area contributed by atoms with E-state index < -0.39 is 0 Å². The van der Waals surface area contributed by atoms with Crippen molar-refractivity contribution in [2.75, 3.05) is 6.54 Å². The summed E-state index contributed by atoms with van der Waals surface area (Å²) in [6.45, 7) is 2.66. The molecule has 5 nitrogen and oxygen atoms in total. The zero-order valence-electron chi connectivity index (χ0n) is 16.5. The average molecular weight is 387 g/mol. The summed E-state index contributed by atoms with van der Waals surface area (Å²) >= 11 is 0. The lowest BCUT2D eigenvalue weighted by Gasteiger charge is -2.16. The number of imidazole rings is 1. The lowest BCUT2D eigenvalue weighted by molar-refractivity contribution is -0.122. The van der Waals surface area contributed by atoms with Crippen molar-refractivity contribution in [3.8, 4) is 0 Å². The Hall–Kier alpha value is -3.34. The highest BCUT2D eigenvalue weighted by atomic mass is 16.3. The van der Waals surface area contributed by atoms with E-state index in [1.165, 1.54) is 5.56 Å². The van der Waals surface area contributed by atoms with Crippen molar-refractivity contribution in [2.45, 2.75) is 32.1 Å². The fraction of sp³-hybridized carbons (Fsp3) is 0.250. The second kappa shape index (κ2) is 8.78. The molecule has 1 unspecified atom stereocenters. The molecule has 0 bridgehead atoms. The molecule has 1 aromatic carbocycles. The number of rotatable bonds is 8. The van der Waals surface area contributed by atoms with E-state index in [0.29, 0.717) is 13.0 Å². The van der Waals surface area contributed by atoms with E-state index in [2.05, 4.69) is 14.7 Å². The topological polar surface area (TPSA) is 59.5 Å². The van der Waals surface area contributed by atoms with E-state index in [1.54, 1.807) is 6.26 Å². The summed E-state index contributed by atoms with van der Waals surface area (Å²) in [7, 11) is 0. The second-order valence-corrected chi connectivity index (χ2v) is 7.31. The molecule has 0 saturated carbocycles. The number of amides is 1. The van der Waals surface area contributed by atoms with Gasteiger partial charge in [0.05, 0.1) is 23.9 Å². The zero-order valence-corrected chi connectivity index (χ0v) is 16.5. The van der Waals surface area contributed by atoms with Gasteiger partial charge >= 0.3 is 0 Å². The molecule has 1 atom stereocenters. The van der Waals surface area contributed by atoms with Gasteiger partial charge in [-0.1, -0.05) is 35.9 Å². The van der Waals surface area contributed by atoms with Crippen LogP contribution in [0.3, 0.4) is 0 Å². The summed E-state index contributed by atoms with van der Waals surface area (Å²) in [6.07, 6.45) is 7.74. The number of aromatic nitrogens is 2. The summed E-state index contributed by atoms with van der Waals surface area (Å²) in [4.78, 5) is 17.4. The van der Waals surface area contributed by atoms with Crippen LogP contribution in [-0.4, -0.2) is 21.8 Å². The predicted octanol–water partition coefficient (Wildman–Crippen LogP) is 4.31. The van der Waals surface area contributed by atoms with Crippen LogP contribution in [0.4, 0.5) is 0 Å². The quantitative estimate of drug-likeness (QED) is 0.458. The normalized spacial score (nSPS) is 12.2. The van der Waals surface area contributed by atoms with E-state index in [0.717, 1.165) is 35.5 Å². The monoisotopic (exact) mass is 387 g/mol. The molecule has 1 amide bonds. The van der Waals surface area contributed by atoms with Crippen molar-refractivity contribution in [2.24, 2.45) is 0 Å². The Morgan fingerprint density at radius 1 is 1.14 bits per heavy atom. The number of pyridine rings is 1. The number of aryl methyl sites for hydroxylation is 2. The summed E-state index contributed by atoms with van der Waals surface area (Å²) in [6, 6.07) is 18.0. The van der Waals surface area contributed by atoms with Crippen LogP contribution in [0.1, 0.15) is 35.1 Å². The molecule has 0 aliphatic rings. The fourth-order valence-electron chi connectivity index (χ4n) is 3.56. The van der Waals surface area contributed by atoms with Crippen molar-refractivity contribution in [3.05, 3.63) is 96.0 Å². The lowest BCUT2D eigenvalue weighted by atomic mass is 9.93. The molecule has 0 aliphatic carbocycles. The summed E-state index contributed by atoms with van der Waals surface area (Å²) in [5, 5.41) is 3.10. The van der Waals surface area contributed by atoms with Crippen molar-refractivity contribution in [1.82, 2.24) is 14.7 Å². The molecule has 0 aliphatic heterocycles. The maximum Gasteiger partial charge on any atom is 0.228 e. The average Bonchev–Trinajstić information content (AvgIpc) is 3.40. The number of benzene rings is 1. The molecule has 148 valence electrons. The van der Waals surface area contributed by atoms with E-state index in [9.17, 15) is 4.79 Å². The Kier molecular flexibility index (Phi) is 5.75. The Morgan fingerprint density at radius 2 is 2.00 bits per heavy atom. The first-order chi connectivity index (χ1) is 14.2.